The molecule has 1 heterocycles. The first-order valence-electron chi connectivity index (χ1n) is 6.65. The molecule has 1 N–H and O–H groups in total. The van der Waals surface area contributed by atoms with E-state index in [0.717, 1.165) is 13.0 Å². The summed E-state index contributed by atoms with van der Waals surface area (Å²) < 4.78 is 0. The van der Waals surface area contributed by atoms with Crippen LogP contribution >= 0.6 is 11.3 Å². The van der Waals surface area contributed by atoms with E-state index in [4.69, 9.17) is 0 Å². The summed E-state index contributed by atoms with van der Waals surface area (Å²) in [5, 5.41) is 7.01. The summed E-state index contributed by atoms with van der Waals surface area (Å²) >= 11 is 1.77. The lowest BCUT2D eigenvalue weighted by atomic mass is 9.83. The Bertz CT molecular complexity index is 288. The highest BCUT2D eigenvalue weighted by atomic mass is 32.1. The summed E-state index contributed by atoms with van der Waals surface area (Å²) in [4.78, 5) is 4.34. The molecule has 0 fully saturated rings. The number of thiazole rings is 1. The Balaban J connectivity index is 2.33. The molecule has 0 aromatic carbocycles. The smallest absolute Gasteiger partial charge is 0.0924 e. The summed E-state index contributed by atoms with van der Waals surface area (Å²) in [6, 6.07) is 0.613. The van der Waals surface area contributed by atoms with Gasteiger partial charge in [0.1, 0.15) is 0 Å². The Morgan fingerprint density at radius 1 is 1.41 bits per heavy atom. The van der Waals surface area contributed by atoms with Crippen LogP contribution in [0, 0.1) is 5.41 Å². The molecule has 0 aliphatic rings. The first-order chi connectivity index (χ1) is 8.04. The minimum absolute atomic E-state index is 0.345. The van der Waals surface area contributed by atoms with E-state index in [1.165, 1.54) is 24.3 Å². The molecule has 0 aliphatic heterocycles. The summed E-state index contributed by atoms with van der Waals surface area (Å²) in [5.74, 6) is 0. The molecule has 0 saturated heterocycles. The molecule has 0 radical (unpaired) electrons. The molecule has 1 aromatic heterocycles. The van der Waals surface area contributed by atoms with Crippen LogP contribution in [0.1, 0.15) is 52.0 Å². The molecule has 0 amide bonds. The largest absolute Gasteiger partial charge is 0.313 e. The molecule has 1 unspecified atom stereocenters. The molecule has 0 spiro atoms. The van der Waals surface area contributed by atoms with E-state index >= 15 is 0 Å². The second kappa shape index (κ2) is 7.12. The summed E-state index contributed by atoms with van der Waals surface area (Å²) in [7, 11) is 0. The predicted octanol–water partition coefficient (Wildman–Crippen LogP) is 3.88. The second-order valence-electron chi connectivity index (χ2n) is 5.69. The average molecular weight is 254 g/mol. The monoisotopic (exact) mass is 254 g/mol. The third kappa shape index (κ3) is 5.64. The zero-order chi connectivity index (χ0) is 12.7. The molecule has 17 heavy (non-hydrogen) atoms. The van der Waals surface area contributed by atoms with E-state index in [0.29, 0.717) is 11.5 Å². The van der Waals surface area contributed by atoms with Crippen LogP contribution in [0.25, 0.3) is 0 Å². The van der Waals surface area contributed by atoms with E-state index in [2.05, 4.69) is 43.4 Å². The molecule has 0 saturated carbocycles. The van der Waals surface area contributed by atoms with Crippen LogP contribution in [-0.4, -0.2) is 17.6 Å². The summed E-state index contributed by atoms with van der Waals surface area (Å²) in [6.07, 6.45) is 6.70. The lowest BCUT2D eigenvalue weighted by Crippen LogP contribution is -2.40. The zero-order valence-electron chi connectivity index (χ0n) is 11.6. The van der Waals surface area contributed by atoms with Crippen molar-refractivity contribution in [1.29, 1.82) is 0 Å². The van der Waals surface area contributed by atoms with Crippen molar-refractivity contribution in [2.45, 2.75) is 59.4 Å². The number of nitrogens with one attached hydrogen (secondary N) is 1. The number of hydrogen-bond donors (Lipinski definition) is 1. The normalized spacial score (nSPS) is 13.9. The van der Waals surface area contributed by atoms with Crippen molar-refractivity contribution < 1.29 is 0 Å². The van der Waals surface area contributed by atoms with Gasteiger partial charge in [0, 0.05) is 17.6 Å². The van der Waals surface area contributed by atoms with Crippen LogP contribution in [0.4, 0.5) is 0 Å². The fourth-order valence-electron chi connectivity index (χ4n) is 1.99. The van der Waals surface area contributed by atoms with Crippen molar-refractivity contribution in [3.8, 4) is 0 Å². The van der Waals surface area contributed by atoms with Crippen molar-refractivity contribution in [3.05, 3.63) is 16.6 Å². The molecule has 1 rings (SSSR count). The molecular weight excluding hydrogens is 228 g/mol. The lowest BCUT2D eigenvalue weighted by molar-refractivity contribution is 0.251. The van der Waals surface area contributed by atoms with Gasteiger partial charge in [-0.1, -0.05) is 27.7 Å². The minimum atomic E-state index is 0.345. The Hall–Kier alpha value is -0.410. The number of aryl methyl sites for hydroxylation is 1. The van der Waals surface area contributed by atoms with E-state index in [-0.39, 0.29) is 0 Å². The van der Waals surface area contributed by atoms with Gasteiger partial charge in [-0.05, 0) is 37.6 Å². The summed E-state index contributed by atoms with van der Waals surface area (Å²) in [5.41, 5.74) is 0.345. The maximum Gasteiger partial charge on any atom is 0.0924 e. The van der Waals surface area contributed by atoms with Gasteiger partial charge in [-0.2, -0.15) is 0 Å². The van der Waals surface area contributed by atoms with Crippen LogP contribution in [0.15, 0.2) is 11.6 Å². The fourth-order valence-corrected chi connectivity index (χ4v) is 2.66. The Kier molecular flexibility index (Phi) is 6.14. The molecule has 2 nitrogen and oxygen atoms in total. The van der Waals surface area contributed by atoms with Crippen molar-refractivity contribution in [2.24, 2.45) is 5.41 Å². The number of nitrogens with zero attached hydrogens (tertiary/aromatic N) is 1. The first kappa shape index (κ1) is 14.7. The van der Waals surface area contributed by atoms with Gasteiger partial charge in [0.05, 0.1) is 5.01 Å². The maximum atomic E-state index is 4.34. The van der Waals surface area contributed by atoms with Crippen LogP contribution in [0.5, 0.6) is 0 Å². The average Bonchev–Trinajstić information content (AvgIpc) is 2.74. The Labute approximate surface area is 110 Å². The van der Waals surface area contributed by atoms with Gasteiger partial charge in [0.2, 0.25) is 0 Å². The topological polar surface area (TPSA) is 24.9 Å². The standard InChI is InChI=1S/C14H26N2S/c1-5-9-15-12(14(2,3)4)7-6-8-13-16-10-11-17-13/h10-12,15H,5-9H2,1-4H3. The van der Waals surface area contributed by atoms with E-state index in [1.807, 2.05) is 6.20 Å². The van der Waals surface area contributed by atoms with Crippen molar-refractivity contribution in [2.75, 3.05) is 6.54 Å². The van der Waals surface area contributed by atoms with Crippen molar-refractivity contribution >= 4 is 11.3 Å². The third-order valence-electron chi connectivity index (χ3n) is 3.05. The highest BCUT2D eigenvalue weighted by Gasteiger charge is 2.23. The number of aromatic nitrogens is 1. The molecule has 0 aliphatic carbocycles. The van der Waals surface area contributed by atoms with Crippen LogP contribution < -0.4 is 5.32 Å². The number of rotatable bonds is 7. The van der Waals surface area contributed by atoms with Crippen LogP contribution in [0.2, 0.25) is 0 Å². The molecule has 3 heteroatoms. The quantitative estimate of drug-likeness (QED) is 0.798. The van der Waals surface area contributed by atoms with Gasteiger partial charge in [0.25, 0.3) is 0 Å². The molecule has 1 aromatic rings. The molecule has 1 atom stereocenters. The fraction of sp³-hybridized carbons (Fsp3) is 0.786. The van der Waals surface area contributed by atoms with Gasteiger partial charge in [-0.3, -0.25) is 0 Å². The van der Waals surface area contributed by atoms with Gasteiger partial charge in [0.15, 0.2) is 0 Å². The predicted molar refractivity (Wildman–Crippen MR) is 76.6 cm³/mol. The number of hydrogen-bond acceptors (Lipinski definition) is 3. The highest BCUT2D eigenvalue weighted by molar-refractivity contribution is 7.09. The summed E-state index contributed by atoms with van der Waals surface area (Å²) in [6.45, 7) is 10.3. The van der Waals surface area contributed by atoms with Crippen molar-refractivity contribution in [1.82, 2.24) is 10.3 Å². The lowest BCUT2D eigenvalue weighted by Gasteiger charge is -2.31. The van der Waals surface area contributed by atoms with Crippen LogP contribution in [0.3, 0.4) is 0 Å². The highest BCUT2D eigenvalue weighted by Crippen LogP contribution is 2.23. The Morgan fingerprint density at radius 2 is 2.18 bits per heavy atom. The van der Waals surface area contributed by atoms with E-state index in [9.17, 15) is 0 Å². The zero-order valence-corrected chi connectivity index (χ0v) is 12.4. The van der Waals surface area contributed by atoms with Crippen LogP contribution in [-0.2, 0) is 6.42 Å². The van der Waals surface area contributed by atoms with Gasteiger partial charge in [-0.25, -0.2) is 4.98 Å². The maximum absolute atomic E-state index is 4.34. The second-order valence-corrected chi connectivity index (χ2v) is 6.67. The molecule has 0 bridgehead atoms. The van der Waals surface area contributed by atoms with Gasteiger partial charge >= 0.3 is 0 Å². The minimum Gasteiger partial charge on any atom is -0.313 e. The van der Waals surface area contributed by atoms with E-state index in [1.54, 1.807) is 11.3 Å². The SMILES string of the molecule is CCCNC(CCCc1nccs1)C(C)(C)C. The van der Waals surface area contributed by atoms with Gasteiger partial charge < -0.3 is 5.32 Å². The molecule has 98 valence electrons. The molecular formula is C14H26N2S. The third-order valence-corrected chi connectivity index (χ3v) is 3.89. The van der Waals surface area contributed by atoms with Gasteiger partial charge in [-0.15, -0.1) is 11.3 Å². The van der Waals surface area contributed by atoms with Crippen molar-refractivity contribution in [3.63, 3.8) is 0 Å². The Morgan fingerprint density at radius 3 is 2.71 bits per heavy atom. The van der Waals surface area contributed by atoms with E-state index < -0.39 is 0 Å². The first-order valence-corrected chi connectivity index (χ1v) is 7.53.